The number of hydrogen-bond donors (Lipinski definition) is 1. The average molecular weight is 348 g/mol. The van der Waals surface area contributed by atoms with E-state index in [2.05, 4.69) is 58.7 Å². The predicted molar refractivity (Wildman–Crippen MR) is 106 cm³/mol. The highest BCUT2D eigenvalue weighted by Gasteiger charge is 2.52. The minimum absolute atomic E-state index is 0.0820. The molecule has 1 atom stereocenters. The molecule has 1 saturated carbocycles. The summed E-state index contributed by atoms with van der Waals surface area (Å²) >= 11 is 0. The monoisotopic (exact) mass is 348 g/mol. The van der Waals surface area contributed by atoms with Crippen LogP contribution in [0.4, 0.5) is 5.69 Å². The van der Waals surface area contributed by atoms with E-state index in [1.54, 1.807) is 0 Å². The van der Waals surface area contributed by atoms with Gasteiger partial charge in [-0.3, -0.25) is 4.79 Å². The minimum Gasteiger partial charge on any atom is -0.320 e. The molecular formula is C23H28N2O. The first-order chi connectivity index (χ1) is 12.8. The maximum atomic E-state index is 13.8. The van der Waals surface area contributed by atoms with Gasteiger partial charge in [0.15, 0.2) is 0 Å². The smallest absolute Gasteiger partial charge is 0.238 e. The van der Waals surface area contributed by atoms with Gasteiger partial charge in [-0.05, 0) is 50.0 Å². The van der Waals surface area contributed by atoms with Gasteiger partial charge in [0, 0.05) is 5.69 Å². The molecular weight excluding hydrogens is 320 g/mol. The van der Waals surface area contributed by atoms with Crippen molar-refractivity contribution < 1.29 is 4.79 Å². The van der Waals surface area contributed by atoms with Gasteiger partial charge in [0.1, 0.15) is 0 Å². The molecule has 0 bridgehead atoms. The van der Waals surface area contributed by atoms with E-state index in [-0.39, 0.29) is 11.5 Å². The second-order valence-corrected chi connectivity index (χ2v) is 7.65. The molecule has 1 heterocycles. The van der Waals surface area contributed by atoms with Gasteiger partial charge in [-0.2, -0.15) is 0 Å². The largest absolute Gasteiger partial charge is 0.320 e. The molecule has 1 amide bonds. The zero-order valence-electron chi connectivity index (χ0n) is 15.6. The fourth-order valence-electron chi connectivity index (χ4n) is 4.89. The van der Waals surface area contributed by atoms with Crippen molar-refractivity contribution in [2.45, 2.75) is 50.0 Å². The molecule has 2 aromatic carbocycles. The highest BCUT2D eigenvalue weighted by atomic mass is 16.2. The molecule has 1 aliphatic heterocycles. The van der Waals surface area contributed by atoms with Crippen LogP contribution in [0.2, 0.25) is 0 Å². The summed E-state index contributed by atoms with van der Waals surface area (Å²) < 4.78 is 0. The van der Waals surface area contributed by atoms with Crippen LogP contribution in [0.3, 0.4) is 0 Å². The highest BCUT2D eigenvalue weighted by Crippen LogP contribution is 2.52. The Morgan fingerprint density at radius 1 is 1.00 bits per heavy atom. The van der Waals surface area contributed by atoms with Gasteiger partial charge in [0.2, 0.25) is 5.91 Å². The fraction of sp³-hybridized carbons (Fsp3) is 0.435. The van der Waals surface area contributed by atoms with Gasteiger partial charge in [-0.25, -0.2) is 0 Å². The Morgan fingerprint density at radius 3 is 2.42 bits per heavy atom. The maximum Gasteiger partial charge on any atom is 0.238 e. The summed E-state index contributed by atoms with van der Waals surface area (Å²) in [6.45, 7) is 0.887. The zero-order valence-corrected chi connectivity index (χ0v) is 15.6. The molecule has 4 rings (SSSR count). The van der Waals surface area contributed by atoms with Crippen LogP contribution in [-0.4, -0.2) is 19.5 Å². The number of hydrogen-bond acceptors (Lipinski definition) is 2. The summed E-state index contributed by atoms with van der Waals surface area (Å²) in [6.07, 6.45) is 6.45. The van der Waals surface area contributed by atoms with Crippen molar-refractivity contribution >= 4 is 11.6 Å². The summed E-state index contributed by atoms with van der Waals surface area (Å²) in [7, 11) is 1.98. The Hall–Kier alpha value is -2.13. The van der Waals surface area contributed by atoms with Crippen molar-refractivity contribution in [2.24, 2.45) is 0 Å². The Labute approximate surface area is 156 Å². The van der Waals surface area contributed by atoms with E-state index in [4.69, 9.17) is 0 Å². The van der Waals surface area contributed by atoms with E-state index in [0.717, 1.165) is 44.3 Å². The van der Waals surface area contributed by atoms with E-state index in [0.29, 0.717) is 5.91 Å². The molecule has 0 aromatic heterocycles. The van der Waals surface area contributed by atoms with Crippen LogP contribution in [0.5, 0.6) is 0 Å². The maximum absolute atomic E-state index is 13.8. The first-order valence-electron chi connectivity index (χ1n) is 9.91. The SMILES string of the molecule is CNCC[C@@H](c1ccccc1)N1C(=O)C2(CCCCC2)c2ccccc21. The second kappa shape index (κ2) is 7.24. The van der Waals surface area contributed by atoms with Gasteiger partial charge < -0.3 is 10.2 Å². The third-order valence-electron chi connectivity index (χ3n) is 6.18. The van der Waals surface area contributed by atoms with Crippen LogP contribution in [0, 0.1) is 0 Å². The lowest BCUT2D eigenvalue weighted by molar-refractivity contribution is -0.124. The van der Waals surface area contributed by atoms with Crippen LogP contribution in [0.25, 0.3) is 0 Å². The molecule has 2 aromatic rings. The third kappa shape index (κ3) is 2.75. The van der Waals surface area contributed by atoms with Gasteiger partial charge in [-0.15, -0.1) is 0 Å². The number of benzene rings is 2. The molecule has 1 spiro atoms. The standard InChI is InChI=1S/C23H28N2O/c1-24-17-14-20(18-10-4-2-5-11-18)25-21-13-7-6-12-19(21)23(22(25)26)15-8-3-9-16-23/h2,4-7,10-13,20,24H,3,8-9,14-17H2,1H3/t20-/m0/s1. The number of carbonyl (C=O) groups excluding carboxylic acids is 1. The van der Waals surface area contributed by atoms with Crippen LogP contribution < -0.4 is 10.2 Å². The zero-order chi connectivity index (χ0) is 18.0. The van der Waals surface area contributed by atoms with Crippen molar-refractivity contribution in [1.29, 1.82) is 0 Å². The molecule has 1 fully saturated rings. The summed E-state index contributed by atoms with van der Waals surface area (Å²) in [4.78, 5) is 15.9. The third-order valence-corrected chi connectivity index (χ3v) is 6.18. The average Bonchev–Trinajstić information content (AvgIpc) is 2.93. The Balaban J connectivity index is 1.80. The van der Waals surface area contributed by atoms with Crippen molar-refractivity contribution in [2.75, 3.05) is 18.5 Å². The molecule has 3 nitrogen and oxygen atoms in total. The fourth-order valence-corrected chi connectivity index (χ4v) is 4.89. The number of para-hydroxylation sites is 1. The molecule has 1 aliphatic carbocycles. The topological polar surface area (TPSA) is 32.3 Å². The van der Waals surface area contributed by atoms with E-state index >= 15 is 0 Å². The van der Waals surface area contributed by atoms with E-state index in [1.807, 2.05) is 13.1 Å². The lowest BCUT2D eigenvalue weighted by Gasteiger charge is -2.35. The first-order valence-corrected chi connectivity index (χ1v) is 9.91. The van der Waals surface area contributed by atoms with Crippen molar-refractivity contribution in [3.8, 4) is 0 Å². The number of nitrogens with zero attached hydrogens (tertiary/aromatic N) is 1. The van der Waals surface area contributed by atoms with Crippen molar-refractivity contribution in [1.82, 2.24) is 5.32 Å². The molecule has 1 N–H and O–H groups in total. The Kier molecular flexibility index (Phi) is 4.82. The van der Waals surface area contributed by atoms with E-state index in [9.17, 15) is 4.79 Å². The normalized spacial score (nSPS) is 19.6. The van der Waals surface area contributed by atoms with Crippen LogP contribution in [0.1, 0.15) is 55.7 Å². The van der Waals surface area contributed by atoms with Crippen LogP contribution in [0.15, 0.2) is 54.6 Å². The van der Waals surface area contributed by atoms with Crippen LogP contribution >= 0.6 is 0 Å². The van der Waals surface area contributed by atoms with Crippen molar-refractivity contribution in [3.63, 3.8) is 0 Å². The molecule has 0 unspecified atom stereocenters. The summed E-state index contributed by atoms with van der Waals surface area (Å²) in [6, 6.07) is 19.1. The number of carbonyl (C=O) groups is 1. The number of rotatable bonds is 5. The van der Waals surface area contributed by atoms with Gasteiger partial charge in [0.25, 0.3) is 0 Å². The minimum atomic E-state index is -0.290. The van der Waals surface area contributed by atoms with Gasteiger partial charge >= 0.3 is 0 Å². The first kappa shape index (κ1) is 17.3. The Morgan fingerprint density at radius 2 is 1.69 bits per heavy atom. The number of amides is 1. The molecule has 0 saturated heterocycles. The van der Waals surface area contributed by atoms with E-state index < -0.39 is 0 Å². The molecule has 2 aliphatic rings. The highest BCUT2D eigenvalue weighted by molar-refractivity contribution is 6.08. The van der Waals surface area contributed by atoms with Gasteiger partial charge in [-0.1, -0.05) is 67.8 Å². The number of fused-ring (bicyclic) bond motifs is 2. The predicted octanol–water partition coefficient (Wildman–Crippen LogP) is 4.59. The molecule has 136 valence electrons. The van der Waals surface area contributed by atoms with Gasteiger partial charge in [0.05, 0.1) is 11.5 Å². The summed E-state index contributed by atoms with van der Waals surface area (Å²) in [5.41, 5.74) is 3.32. The number of nitrogens with one attached hydrogen (secondary N) is 1. The summed E-state index contributed by atoms with van der Waals surface area (Å²) in [5.74, 6) is 0.323. The van der Waals surface area contributed by atoms with E-state index in [1.165, 1.54) is 17.5 Å². The summed E-state index contributed by atoms with van der Waals surface area (Å²) in [5, 5.41) is 3.26. The lowest BCUT2D eigenvalue weighted by Crippen LogP contribution is -2.43. The van der Waals surface area contributed by atoms with Crippen molar-refractivity contribution in [3.05, 3.63) is 65.7 Å². The molecule has 26 heavy (non-hydrogen) atoms. The second-order valence-electron chi connectivity index (χ2n) is 7.65. The molecule has 3 heteroatoms. The quantitative estimate of drug-likeness (QED) is 0.857. The number of anilines is 1. The van der Waals surface area contributed by atoms with Crippen LogP contribution in [-0.2, 0) is 10.2 Å². The molecule has 0 radical (unpaired) electrons. The Bertz CT molecular complexity index is 765. The lowest BCUT2D eigenvalue weighted by atomic mass is 9.70.